The smallest absolute Gasteiger partial charge is 0.332 e. The van der Waals surface area contributed by atoms with Gasteiger partial charge in [-0.05, 0) is 29.3 Å². The van der Waals surface area contributed by atoms with Crippen molar-refractivity contribution < 1.29 is 9.47 Å². The molecular formula is C16H14BrClN4O4. The predicted octanol–water partition coefficient (Wildman–Crippen LogP) is 1.67. The second kappa shape index (κ2) is 6.17. The highest BCUT2D eigenvalue weighted by atomic mass is 79.9. The van der Waals surface area contributed by atoms with Gasteiger partial charge in [0.2, 0.25) is 5.28 Å². The van der Waals surface area contributed by atoms with Crippen LogP contribution in [0, 0.1) is 0 Å². The third kappa shape index (κ3) is 2.53. The van der Waals surface area contributed by atoms with Crippen LogP contribution in [0.15, 0.2) is 26.2 Å². The van der Waals surface area contributed by atoms with Crippen LogP contribution in [0.5, 0.6) is 11.5 Å². The summed E-state index contributed by atoms with van der Waals surface area (Å²) in [5, 5.41) is 0.125. The number of hydrogen-bond donors (Lipinski definition) is 0. The lowest BCUT2D eigenvalue weighted by Gasteiger charge is -2.20. The molecule has 8 nitrogen and oxygen atoms in total. The Hall–Kier alpha value is -2.26. The monoisotopic (exact) mass is 440 g/mol. The molecule has 3 aromatic rings. The third-order valence-electron chi connectivity index (χ3n) is 4.34. The zero-order valence-corrected chi connectivity index (χ0v) is 16.3. The van der Waals surface area contributed by atoms with E-state index in [1.165, 1.54) is 11.6 Å². The molecule has 0 atom stereocenters. The van der Waals surface area contributed by atoms with Gasteiger partial charge in [0.15, 0.2) is 22.7 Å². The van der Waals surface area contributed by atoms with Crippen LogP contribution < -0.4 is 20.7 Å². The minimum atomic E-state index is -0.454. The molecule has 1 aliphatic rings. The number of aryl methyl sites for hydroxylation is 1. The summed E-state index contributed by atoms with van der Waals surface area (Å²) in [6.45, 7) is 1.26. The molecule has 0 radical (unpaired) electrons. The fourth-order valence-electron chi connectivity index (χ4n) is 2.96. The van der Waals surface area contributed by atoms with Crippen LogP contribution in [0.4, 0.5) is 0 Å². The van der Waals surface area contributed by atoms with Crippen molar-refractivity contribution in [2.75, 3.05) is 13.2 Å². The van der Waals surface area contributed by atoms with Gasteiger partial charge in [-0.15, -0.1) is 0 Å². The van der Waals surface area contributed by atoms with Gasteiger partial charge >= 0.3 is 5.69 Å². The molecule has 0 bridgehead atoms. The number of fused-ring (bicyclic) bond motifs is 2. The van der Waals surface area contributed by atoms with E-state index in [-0.39, 0.29) is 23.0 Å². The number of nitrogens with zero attached hydrogens (tertiary/aromatic N) is 4. The van der Waals surface area contributed by atoms with Crippen LogP contribution in [0.25, 0.3) is 11.2 Å². The molecule has 2 aromatic heterocycles. The molecule has 0 spiro atoms. The largest absolute Gasteiger partial charge is 0.486 e. The lowest BCUT2D eigenvalue weighted by Crippen LogP contribution is -2.37. The lowest BCUT2D eigenvalue weighted by atomic mass is 10.2. The molecule has 1 aromatic carbocycles. The van der Waals surface area contributed by atoms with E-state index < -0.39 is 11.2 Å². The number of aromatic nitrogens is 4. The van der Waals surface area contributed by atoms with Crippen molar-refractivity contribution in [2.24, 2.45) is 14.1 Å². The summed E-state index contributed by atoms with van der Waals surface area (Å²) in [5.41, 5.74) is 0.449. The molecular weight excluding hydrogens is 428 g/mol. The van der Waals surface area contributed by atoms with Crippen LogP contribution in [-0.4, -0.2) is 31.9 Å². The van der Waals surface area contributed by atoms with Crippen molar-refractivity contribution >= 4 is 38.7 Å². The van der Waals surface area contributed by atoms with Crippen LogP contribution in [0.1, 0.15) is 5.56 Å². The zero-order chi connectivity index (χ0) is 18.6. The van der Waals surface area contributed by atoms with E-state index in [1.54, 1.807) is 11.6 Å². The summed E-state index contributed by atoms with van der Waals surface area (Å²) in [7, 11) is 2.98. The second-order valence-electron chi connectivity index (χ2n) is 5.93. The highest BCUT2D eigenvalue weighted by Crippen LogP contribution is 2.36. The predicted molar refractivity (Wildman–Crippen MR) is 99.5 cm³/mol. The number of benzene rings is 1. The molecule has 0 N–H and O–H groups in total. The van der Waals surface area contributed by atoms with Crippen molar-refractivity contribution in [1.29, 1.82) is 0 Å². The van der Waals surface area contributed by atoms with Crippen molar-refractivity contribution in [2.45, 2.75) is 6.54 Å². The molecule has 3 heterocycles. The number of halogens is 2. The van der Waals surface area contributed by atoms with Crippen molar-refractivity contribution in [3.05, 3.63) is 48.3 Å². The van der Waals surface area contributed by atoms with E-state index in [2.05, 4.69) is 20.9 Å². The topological polar surface area (TPSA) is 80.3 Å². The summed E-state index contributed by atoms with van der Waals surface area (Å²) in [4.78, 5) is 28.9. The maximum Gasteiger partial charge on any atom is 0.332 e. The van der Waals surface area contributed by atoms with Gasteiger partial charge in [0, 0.05) is 18.6 Å². The van der Waals surface area contributed by atoms with E-state index in [0.29, 0.717) is 24.7 Å². The van der Waals surface area contributed by atoms with Gasteiger partial charge < -0.3 is 14.0 Å². The molecule has 0 amide bonds. The highest BCUT2D eigenvalue weighted by Gasteiger charge is 2.20. The normalized spacial score (nSPS) is 13.4. The summed E-state index contributed by atoms with van der Waals surface area (Å²) >= 11 is 9.80. The van der Waals surface area contributed by atoms with Gasteiger partial charge in [-0.1, -0.05) is 15.9 Å². The van der Waals surface area contributed by atoms with Gasteiger partial charge in [0.1, 0.15) is 13.2 Å². The van der Waals surface area contributed by atoms with Crippen molar-refractivity contribution in [1.82, 2.24) is 18.7 Å². The Balaban J connectivity index is 1.90. The molecule has 0 fully saturated rings. The van der Waals surface area contributed by atoms with Gasteiger partial charge in [0.05, 0.1) is 6.54 Å². The number of rotatable bonds is 2. The Bertz CT molecular complexity index is 1160. The Morgan fingerprint density at radius 3 is 2.50 bits per heavy atom. The van der Waals surface area contributed by atoms with Gasteiger partial charge in [-0.2, -0.15) is 4.98 Å². The first-order valence-corrected chi connectivity index (χ1v) is 8.95. The van der Waals surface area contributed by atoms with Crippen LogP contribution in [0.2, 0.25) is 5.28 Å². The minimum absolute atomic E-state index is 0.125. The Labute approximate surface area is 160 Å². The molecule has 0 aliphatic carbocycles. The van der Waals surface area contributed by atoms with E-state index >= 15 is 0 Å². The van der Waals surface area contributed by atoms with Gasteiger partial charge in [-0.25, -0.2) is 4.79 Å². The van der Waals surface area contributed by atoms with E-state index in [1.807, 2.05) is 12.1 Å². The fraction of sp³-hybridized carbons (Fsp3) is 0.312. The molecule has 0 saturated carbocycles. The standard InChI is InChI=1S/C16H14BrClN4O4/c1-20-13-12(14(23)21(2)16(20)24)22(15(18)19-13)7-8-5-10-11(6-9(8)17)26-4-3-25-10/h5-6H,3-4,7H2,1-2H3. The maximum absolute atomic E-state index is 12.6. The molecule has 136 valence electrons. The highest BCUT2D eigenvalue weighted by molar-refractivity contribution is 9.10. The third-order valence-corrected chi connectivity index (χ3v) is 5.37. The van der Waals surface area contributed by atoms with E-state index in [9.17, 15) is 9.59 Å². The fourth-order valence-corrected chi connectivity index (χ4v) is 3.63. The summed E-state index contributed by atoms with van der Waals surface area (Å²) < 4.78 is 15.9. The molecule has 4 rings (SSSR count). The minimum Gasteiger partial charge on any atom is -0.486 e. The Morgan fingerprint density at radius 2 is 1.81 bits per heavy atom. The summed E-state index contributed by atoms with van der Waals surface area (Å²) in [6, 6.07) is 3.66. The molecule has 0 unspecified atom stereocenters. The molecule has 10 heteroatoms. The van der Waals surface area contributed by atoms with Crippen molar-refractivity contribution in [3.63, 3.8) is 0 Å². The average Bonchev–Trinajstić information content (AvgIpc) is 2.95. The first-order chi connectivity index (χ1) is 12.4. The molecule has 0 saturated heterocycles. The molecule has 1 aliphatic heterocycles. The zero-order valence-electron chi connectivity index (χ0n) is 14.0. The van der Waals surface area contributed by atoms with E-state index in [4.69, 9.17) is 21.1 Å². The van der Waals surface area contributed by atoms with Crippen LogP contribution in [-0.2, 0) is 20.6 Å². The Morgan fingerprint density at radius 1 is 1.15 bits per heavy atom. The van der Waals surface area contributed by atoms with Gasteiger partial charge in [0.25, 0.3) is 5.56 Å². The number of hydrogen-bond acceptors (Lipinski definition) is 5. The van der Waals surface area contributed by atoms with E-state index in [0.717, 1.165) is 14.6 Å². The Kier molecular flexibility index (Phi) is 4.07. The first-order valence-electron chi connectivity index (χ1n) is 7.78. The van der Waals surface area contributed by atoms with Crippen molar-refractivity contribution in [3.8, 4) is 11.5 Å². The SMILES string of the molecule is Cn1c(=O)c2c(nc(Cl)n2Cc2cc3c(cc2Br)OCCO3)n(C)c1=O. The number of ether oxygens (including phenoxy) is 2. The number of imidazole rings is 1. The summed E-state index contributed by atoms with van der Waals surface area (Å²) in [6.07, 6.45) is 0. The quantitative estimate of drug-likeness (QED) is 0.565. The second-order valence-corrected chi connectivity index (χ2v) is 7.12. The summed E-state index contributed by atoms with van der Waals surface area (Å²) in [5.74, 6) is 1.29. The first kappa shape index (κ1) is 17.2. The average molecular weight is 442 g/mol. The lowest BCUT2D eigenvalue weighted by molar-refractivity contribution is 0.171. The van der Waals surface area contributed by atoms with Gasteiger partial charge in [-0.3, -0.25) is 13.9 Å². The van der Waals surface area contributed by atoms with Crippen LogP contribution >= 0.6 is 27.5 Å². The maximum atomic E-state index is 12.6. The molecule has 26 heavy (non-hydrogen) atoms. The van der Waals surface area contributed by atoms with Crippen LogP contribution in [0.3, 0.4) is 0 Å².